The molecule has 0 N–H and O–H groups in total. The third kappa shape index (κ3) is 6.15. The smallest absolute Gasteiger partial charge is 0.0714 e. The maximum Gasteiger partial charge on any atom is 0.0714 e. The molecule has 1 heteroatoms. The van der Waals surface area contributed by atoms with Crippen LogP contribution in [-0.4, -0.2) is 0 Å². The highest BCUT2D eigenvalue weighted by Gasteiger charge is 2.47. The summed E-state index contributed by atoms with van der Waals surface area (Å²) >= 11 is 0. The molecule has 65 heavy (non-hydrogen) atoms. The van der Waals surface area contributed by atoms with Crippen molar-refractivity contribution in [1.29, 1.82) is 0 Å². The van der Waals surface area contributed by atoms with E-state index in [9.17, 15) is 0 Å². The summed E-state index contributed by atoms with van der Waals surface area (Å²) in [5, 5.41) is 0. The summed E-state index contributed by atoms with van der Waals surface area (Å²) < 4.78 is 0. The van der Waals surface area contributed by atoms with E-state index < -0.39 is 5.41 Å². The maximum atomic E-state index is 2.54. The van der Waals surface area contributed by atoms with Gasteiger partial charge in [0.1, 0.15) is 0 Å². The van der Waals surface area contributed by atoms with E-state index in [-0.39, 0.29) is 5.41 Å². The van der Waals surface area contributed by atoms with Gasteiger partial charge in [0.15, 0.2) is 0 Å². The zero-order valence-electron chi connectivity index (χ0n) is 36.6. The average molecular weight is 830 g/mol. The molecular formula is C64H47N. The molecule has 2 aliphatic carbocycles. The lowest BCUT2D eigenvalue weighted by molar-refractivity contribution is 0.660. The molecule has 0 fully saturated rings. The molecular weight excluding hydrogens is 783 g/mol. The summed E-state index contributed by atoms with van der Waals surface area (Å²) in [7, 11) is 0. The normalized spacial score (nSPS) is 15.1. The molecule has 0 radical (unpaired) electrons. The third-order valence-electron chi connectivity index (χ3n) is 14.1. The van der Waals surface area contributed by atoms with E-state index >= 15 is 0 Å². The van der Waals surface area contributed by atoms with E-state index in [0.717, 1.165) is 17.1 Å². The first-order chi connectivity index (χ1) is 32.0. The molecule has 1 unspecified atom stereocenters. The molecule has 308 valence electrons. The maximum absolute atomic E-state index is 2.54. The van der Waals surface area contributed by atoms with Crippen LogP contribution in [0.3, 0.4) is 0 Å². The topological polar surface area (TPSA) is 3.24 Å². The van der Waals surface area contributed by atoms with Gasteiger partial charge in [0.25, 0.3) is 0 Å². The van der Waals surface area contributed by atoms with Crippen molar-refractivity contribution in [2.75, 3.05) is 4.90 Å². The molecule has 2 aliphatic rings. The van der Waals surface area contributed by atoms with Gasteiger partial charge in [-0.15, -0.1) is 0 Å². The van der Waals surface area contributed by atoms with Gasteiger partial charge in [0.05, 0.1) is 11.1 Å². The Hall–Kier alpha value is -8.00. The van der Waals surface area contributed by atoms with E-state index in [2.05, 4.69) is 267 Å². The minimum atomic E-state index is -0.602. The highest BCUT2D eigenvalue weighted by molar-refractivity contribution is 5.97. The minimum Gasteiger partial charge on any atom is -0.310 e. The molecule has 1 nitrogen and oxygen atoms in total. The Morgan fingerprint density at radius 3 is 1.45 bits per heavy atom. The zero-order chi connectivity index (χ0) is 43.5. The van der Waals surface area contributed by atoms with Crippen LogP contribution in [0, 0.1) is 0 Å². The first kappa shape index (κ1) is 38.7. The van der Waals surface area contributed by atoms with E-state index in [1.54, 1.807) is 0 Å². The van der Waals surface area contributed by atoms with Gasteiger partial charge in [-0.2, -0.15) is 0 Å². The quantitative estimate of drug-likeness (QED) is 0.147. The molecule has 0 saturated carbocycles. The molecule has 0 saturated heterocycles. The Bertz CT molecular complexity index is 3390. The number of nitrogens with zero attached hydrogens (tertiary/aromatic N) is 1. The van der Waals surface area contributed by atoms with Gasteiger partial charge >= 0.3 is 0 Å². The average Bonchev–Trinajstić information content (AvgIpc) is 3.80. The van der Waals surface area contributed by atoms with E-state index in [1.807, 2.05) is 0 Å². The van der Waals surface area contributed by atoms with Gasteiger partial charge in [-0.05, 0) is 126 Å². The highest BCUT2D eigenvalue weighted by Crippen LogP contribution is 2.59. The number of fused-ring (bicyclic) bond motifs is 6. The number of hydrogen-bond donors (Lipinski definition) is 0. The fourth-order valence-electron chi connectivity index (χ4n) is 11.1. The predicted octanol–water partition coefficient (Wildman–Crippen LogP) is 16.8. The standard InChI is InChI=1S/C64H47N/c1-63(2)58-35-17-15-34-54(58)57-42-56(46-25-11-5-12-26-46)62(43-60(57)63)65(51-32-20-28-48(40-51)45-23-9-4-10-24-45)52-37-38-55-53-33-16-18-36-59(53)64(61(55)41-52,49-29-13-6-14-30-49)50-31-19-27-47(39-50)44-21-7-3-8-22-44/h3-43H,1-2H3. The molecule has 10 aromatic rings. The third-order valence-corrected chi connectivity index (χ3v) is 14.1. The molecule has 12 rings (SSSR count). The van der Waals surface area contributed by atoms with Crippen LogP contribution in [0.4, 0.5) is 17.1 Å². The van der Waals surface area contributed by atoms with Gasteiger partial charge < -0.3 is 4.90 Å². The summed E-state index contributed by atoms with van der Waals surface area (Å²) in [6.45, 7) is 4.77. The Morgan fingerprint density at radius 1 is 0.277 bits per heavy atom. The first-order valence-electron chi connectivity index (χ1n) is 22.8. The van der Waals surface area contributed by atoms with Crippen molar-refractivity contribution in [3.05, 3.63) is 282 Å². The van der Waals surface area contributed by atoms with E-state index in [4.69, 9.17) is 0 Å². The summed E-state index contributed by atoms with van der Waals surface area (Å²) in [6, 6.07) is 92.3. The molecule has 1 atom stereocenters. The van der Waals surface area contributed by atoms with Crippen molar-refractivity contribution in [2.24, 2.45) is 0 Å². The SMILES string of the molecule is CC1(C)c2ccccc2-c2cc(-c3ccccc3)c(N(c3cccc(-c4ccccc4)c3)c3ccc4c(c3)C(c3ccccc3)(c3cccc(-c5ccccc5)c3)c3ccccc3-4)cc21. The Morgan fingerprint density at radius 2 is 0.769 bits per heavy atom. The first-order valence-corrected chi connectivity index (χ1v) is 22.8. The second-order valence-corrected chi connectivity index (χ2v) is 18.0. The van der Waals surface area contributed by atoms with Crippen LogP contribution in [0.2, 0.25) is 0 Å². The number of rotatable bonds is 8. The lowest BCUT2D eigenvalue weighted by atomic mass is 9.67. The predicted molar refractivity (Wildman–Crippen MR) is 272 cm³/mol. The monoisotopic (exact) mass is 829 g/mol. The molecule has 0 aromatic heterocycles. The van der Waals surface area contributed by atoms with Crippen molar-refractivity contribution in [3.8, 4) is 55.6 Å². The summed E-state index contributed by atoms with van der Waals surface area (Å²) in [5.41, 5.74) is 22.6. The summed E-state index contributed by atoms with van der Waals surface area (Å²) in [6.07, 6.45) is 0. The molecule has 0 bridgehead atoms. The van der Waals surface area contributed by atoms with Crippen molar-refractivity contribution in [1.82, 2.24) is 0 Å². The van der Waals surface area contributed by atoms with Crippen molar-refractivity contribution >= 4 is 17.1 Å². The Labute approximate surface area is 382 Å². The minimum absolute atomic E-state index is 0.195. The summed E-state index contributed by atoms with van der Waals surface area (Å²) in [4.78, 5) is 2.54. The van der Waals surface area contributed by atoms with Crippen LogP contribution in [0.25, 0.3) is 55.6 Å². The Kier molecular flexibility index (Phi) is 9.14. The van der Waals surface area contributed by atoms with Gasteiger partial charge in [-0.1, -0.05) is 220 Å². The number of anilines is 3. The molecule has 10 aromatic carbocycles. The number of benzene rings is 10. The van der Waals surface area contributed by atoms with Gasteiger partial charge in [-0.25, -0.2) is 0 Å². The lowest BCUT2D eigenvalue weighted by Gasteiger charge is -2.35. The second kappa shape index (κ2) is 15.4. The van der Waals surface area contributed by atoms with Crippen LogP contribution in [0.1, 0.15) is 47.2 Å². The van der Waals surface area contributed by atoms with Crippen molar-refractivity contribution in [3.63, 3.8) is 0 Å². The fraction of sp³-hybridized carbons (Fsp3) is 0.0625. The van der Waals surface area contributed by atoms with Crippen LogP contribution in [-0.2, 0) is 10.8 Å². The second-order valence-electron chi connectivity index (χ2n) is 18.0. The van der Waals surface area contributed by atoms with Crippen LogP contribution in [0.15, 0.2) is 249 Å². The van der Waals surface area contributed by atoms with Crippen molar-refractivity contribution in [2.45, 2.75) is 24.7 Å². The number of hydrogen-bond acceptors (Lipinski definition) is 1. The van der Waals surface area contributed by atoms with Gasteiger partial charge in [-0.3, -0.25) is 0 Å². The largest absolute Gasteiger partial charge is 0.310 e. The highest BCUT2D eigenvalue weighted by atomic mass is 15.1. The van der Waals surface area contributed by atoms with Gasteiger partial charge in [0, 0.05) is 22.4 Å². The molecule has 0 spiro atoms. The van der Waals surface area contributed by atoms with Crippen LogP contribution >= 0.6 is 0 Å². The van der Waals surface area contributed by atoms with E-state index in [1.165, 1.54) is 89.0 Å². The summed E-state index contributed by atoms with van der Waals surface area (Å²) in [5.74, 6) is 0. The van der Waals surface area contributed by atoms with Crippen LogP contribution < -0.4 is 4.90 Å². The lowest BCUT2D eigenvalue weighted by Crippen LogP contribution is -2.29. The van der Waals surface area contributed by atoms with Crippen LogP contribution in [0.5, 0.6) is 0 Å². The van der Waals surface area contributed by atoms with Crippen molar-refractivity contribution < 1.29 is 0 Å². The zero-order valence-corrected chi connectivity index (χ0v) is 36.6. The molecule has 0 amide bonds. The van der Waals surface area contributed by atoms with Gasteiger partial charge in [0.2, 0.25) is 0 Å². The van der Waals surface area contributed by atoms with E-state index in [0.29, 0.717) is 0 Å². The molecule has 0 heterocycles. The Balaban J connectivity index is 1.16. The molecule has 0 aliphatic heterocycles. The fourth-order valence-corrected chi connectivity index (χ4v) is 11.1.